The summed E-state index contributed by atoms with van der Waals surface area (Å²) in [6.07, 6.45) is 1.98. The SMILES string of the molecule is CC1NNC(C)C1C1CCCN1C(=O)c1cccc(C(=O)O)c1. The molecule has 3 N–H and O–H groups in total. The monoisotopic (exact) mass is 317 g/mol. The molecule has 6 nitrogen and oxygen atoms in total. The molecule has 2 heterocycles. The van der Waals surface area contributed by atoms with Crippen LogP contribution in [0.2, 0.25) is 0 Å². The number of carbonyl (C=O) groups is 2. The van der Waals surface area contributed by atoms with Crippen LogP contribution in [0.5, 0.6) is 0 Å². The average Bonchev–Trinajstić information content (AvgIpc) is 3.13. The van der Waals surface area contributed by atoms with Crippen LogP contribution in [-0.4, -0.2) is 46.6 Å². The molecule has 3 rings (SSSR count). The molecule has 2 fully saturated rings. The topological polar surface area (TPSA) is 81.7 Å². The lowest BCUT2D eigenvalue weighted by molar-refractivity contribution is 0.0674. The number of nitrogens with zero attached hydrogens (tertiary/aromatic N) is 1. The summed E-state index contributed by atoms with van der Waals surface area (Å²) in [6, 6.07) is 7.09. The quantitative estimate of drug-likeness (QED) is 0.787. The minimum atomic E-state index is -1.01. The van der Waals surface area contributed by atoms with E-state index in [4.69, 9.17) is 5.11 Å². The molecule has 124 valence electrons. The standard InChI is InChI=1S/C17H23N3O3/c1-10-15(11(2)19-18-10)14-7-4-8-20(14)16(21)12-5-3-6-13(9-12)17(22)23/h3,5-6,9-11,14-15,18-19H,4,7-8H2,1-2H3,(H,22,23). The number of rotatable bonds is 3. The second kappa shape index (κ2) is 6.29. The lowest BCUT2D eigenvalue weighted by atomic mass is 9.87. The summed E-state index contributed by atoms with van der Waals surface area (Å²) in [7, 11) is 0. The highest BCUT2D eigenvalue weighted by atomic mass is 16.4. The van der Waals surface area contributed by atoms with Gasteiger partial charge in [-0.05, 0) is 44.9 Å². The van der Waals surface area contributed by atoms with Crippen LogP contribution in [0.25, 0.3) is 0 Å². The van der Waals surface area contributed by atoms with E-state index in [1.807, 2.05) is 4.90 Å². The van der Waals surface area contributed by atoms with Crippen LogP contribution >= 0.6 is 0 Å². The molecule has 1 aromatic rings. The molecule has 2 aliphatic rings. The van der Waals surface area contributed by atoms with Crippen molar-refractivity contribution in [3.05, 3.63) is 35.4 Å². The lowest BCUT2D eigenvalue weighted by Crippen LogP contribution is -2.46. The van der Waals surface area contributed by atoms with Gasteiger partial charge in [0.25, 0.3) is 5.91 Å². The molecular weight excluding hydrogens is 294 g/mol. The number of carbonyl (C=O) groups excluding carboxylic acids is 1. The van der Waals surface area contributed by atoms with E-state index in [0.29, 0.717) is 23.6 Å². The van der Waals surface area contributed by atoms with Gasteiger partial charge in [0.1, 0.15) is 0 Å². The summed E-state index contributed by atoms with van der Waals surface area (Å²) in [5.74, 6) is -0.727. The third-order valence-electron chi connectivity index (χ3n) is 5.05. The zero-order chi connectivity index (χ0) is 16.6. The Morgan fingerprint density at radius 2 is 1.83 bits per heavy atom. The summed E-state index contributed by atoms with van der Waals surface area (Å²) in [5.41, 5.74) is 7.11. The number of nitrogens with one attached hydrogen (secondary N) is 2. The second-order valence-electron chi connectivity index (χ2n) is 6.54. The van der Waals surface area contributed by atoms with Crippen molar-refractivity contribution in [2.24, 2.45) is 5.92 Å². The maximum absolute atomic E-state index is 12.9. The Kier molecular flexibility index (Phi) is 4.37. The number of benzene rings is 1. The normalized spacial score (nSPS) is 30.6. The molecule has 3 unspecified atom stereocenters. The van der Waals surface area contributed by atoms with Gasteiger partial charge in [0, 0.05) is 36.2 Å². The zero-order valence-electron chi connectivity index (χ0n) is 13.5. The van der Waals surface area contributed by atoms with Crippen LogP contribution in [0.4, 0.5) is 0 Å². The summed E-state index contributed by atoms with van der Waals surface area (Å²) in [6.45, 7) is 5.00. The molecule has 0 bridgehead atoms. The summed E-state index contributed by atoms with van der Waals surface area (Å²) < 4.78 is 0. The van der Waals surface area contributed by atoms with Crippen molar-refractivity contribution in [2.45, 2.75) is 44.8 Å². The molecule has 1 aromatic carbocycles. The van der Waals surface area contributed by atoms with Crippen molar-refractivity contribution in [3.8, 4) is 0 Å². The van der Waals surface area contributed by atoms with Crippen LogP contribution in [0.1, 0.15) is 47.4 Å². The number of hydrogen-bond acceptors (Lipinski definition) is 4. The second-order valence-corrected chi connectivity index (χ2v) is 6.54. The first-order valence-electron chi connectivity index (χ1n) is 8.14. The molecule has 23 heavy (non-hydrogen) atoms. The van der Waals surface area contributed by atoms with Crippen LogP contribution in [0.15, 0.2) is 24.3 Å². The smallest absolute Gasteiger partial charge is 0.335 e. The molecule has 1 amide bonds. The maximum atomic E-state index is 12.9. The van der Waals surface area contributed by atoms with Gasteiger partial charge in [-0.3, -0.25) is 15.6 Å². The Labute approximate surface area is 135 Å². The van der Waals surface area contributed by atoms with Gasteiger partial charge in [-0.1, -0.05) is 6.07 Å². The highest BCUT2D eigenvalue weighted by Crippen LogP contribution is 2.31. The van der Waals surface area contributed by atoms with Gasteiger partial charge in [-0.2, -0.15) is 0 Å². The molecule has 0 aromatic heterocycles. The number of likely N-dealkylation sites (tertiary alicyclic amines) is 1. The Bertz CT molecular complexity index is 609. The minimum absolute atomic E-state index is 0.0677. The van der Waals surface area contributed by atoms with E-state index < -0.39 is 5.97 Å². The molecule has 6 heteroatoms. The first-order valence-corrected chi connectivity index (χ1v) is 8.14. The fourth-order valence-corrected chi connectivity index (χ4v) is 3.95. The highest BCUT2D eigenvalue weighted by Gasteiger charge is 2.42. The first-order chi connectivity index (χ1) is 11.0. The molecule has 0 aliphatic carbocycles. The fourth-order valence-electron chi connectivity index (χ4n) is 3.95. The van der Waals surface area contributed by atoms with Crippen LogP contribution in [0, 0.1) is 5.92 Å². The first kappa shape index (κ1) is 16.0. The molecule has 0 radical (unpaired) electrons. The van der Waals surface area contributed by atoms with E-state index >= 15 is 0 Å². The predicted octanol–water partition coefficient (Wildman–Crippen LogP) is 1.49. The van der Waals surface area contributed by atoms with Crippen molar-refractivity contribution in [2.75, 3.05) is 6.54 Å². The Morgan fingerprint density at radius 3 is 2.48 bits per heavy atom. The number of hydrogen-bond donors (Lipinski definition) is 3. The van der Waals surface area contributed by atoms with Crippen molar-refractivity contribution in [1.82, 2.24) is 15.8 Å². The van der Waals surface area contributed by atoms with Gasteiger partial charge in [-0.15, -0.1) is 0 Å². The van der Waals surface area contributed by atoms with Crippen molar-refractivity contribution in [1.29, 1.82) is 0 Å². The Hall–Kier alpha value is -1.92. The number of aromatic carboxylic acids is 1. The van der Waals surface area contributed by atoms with Crippen LogP contribution in [0.3, 0.4) is 0 Å². The summed E-state index contributed by atoms with van der Waals surface area (Å²) >= 11 is 0. The fraction of sp³-hybridized carbons (Fsp3) is 0.529. The molecule has 3 atom stereocenters. The number of carboxylic acid groups (broad SMARTS) is 1. The van der Waals surface area contributed by atoms with Gasteiger partial charge in [0.2, 0.25) is 0 Å². The van der Waals surface area contributed by atoms with Gasteiger partial charge in [0.15, 0.2) is 0 Å². The molecule has 0 spiro atoms. The number of hydrazine groups is 1. The average molecular weight is 317 g/mol. The van der Waals surface area contributed by atoms with E-state index in [1.165, 1.54) is 12.1 Å². The lowest BCUT2D eigenvalue weighted by Gasteiger charge is -2.33. The largest absolute Gasteiger partial charge is 0.478 e. The van der Waals surface area contributed by atoms with Crippen molar-refractivity contribution < 1.29 is 14.7 Å². The van der Waals surface area contributed by atoms with E-state index in [2.05, 4.69) is 24.7 Å². The Morgan fingerprint density at radius 1 is 1.17 bits per heavy atom. The third-order valence-corrected chi connectivity index (χ3v) is 5.05. The van der Waals surface area contributed by atoms with Crippen LogP contribution in [-0.2, 0) is 0 Å². The van der Waals surface area contributed by atoms with Gasteiger partial charge in [0.05, 0.1) is 5.56 Å². The van der Waals surface area contributed by atoms with Gasteiger partial charge >= 0.3 is 5.97 Å². The molecule has 2 aliphatic heterocycles. The predicted molar refractivity (Wildman–Crippen MR) is 86.1 cm³/mol. The number of carboxylic acids is 1. The highest BCUT2D eigenvalue weighted by molar-refractivity contribution is 5.97. The van der Waals surface area contributed by atoms with Gasteiger partial charge < -0.3 is 10.0 Å². The van der Waals surface area contributed by atoms with Crippen molar-refractivity contribution in [3.63, 3.8) is 0 Å². The third kappa shape index (κ3) is 2.96. The Balaban J connectivity index is 1.83. The minimum Gasteiger partial charge on any atom is -0.478 e. The number of amides is 1. The van der Waals surface area contributed by atoms with E-state index in [0.717, 1.165) is 19.4 Å². The van der Waals surface area contributed by atoms with E-state index in [9.17, 15) is 9.59 Å². The summed E-state index contributed by atoms with van der Waals surface area (Å²) in [4.78, 5) is 25.9. The maximum Gasteiger partial charge on any atom is 0.335 e. The summed E-state index contributed by atoms with van der Waals surface area (Å²) in [5, 5.41) is 9.11. The van der Waals surface area contributed by atoms with E-state index in [-0.39, 0.29) is 17.5 Å². The van der Waals surface area contributed by atoms with Crippen LogP contribution < -0.4 is 10.9 Å². The van der Waals surface area contributed by atoms with Gasteiger partial charge in [-0.25, -0.2) is 4.79 Å². The van der Waals surface area contributed by atoms with Crippen molar-refractivity contribution >= 4 is 11.9 Å². The van der Waals surface area contributed by atoms with E-state index in [1.54, 1.807) is 12.1 Å². The molecule has 2 saturated heterocycles. The molecule has 0 saturated carbocycles. The zero-order valence-corrected chi connectivity index (χ0v) is 13.5. The molecular formula is C17H23N3O3.